The molecule has 0 aliphatic carbocycles. The number of hydrogen-bond donors (Lipinski definition) is 7. The van der Waals surface area contributed by atoms with E-state index < -0.39 is 36.9 Å². The van der Waals surface area contributed by atoms with Gasteiger partial charge in [0, 0.05) is 0 Å². The normalized spacial score (nSPS) is 19.9. The number of ether oxygens (including phenoxy) is 1. The van der Waals surface area contributed by atoms with Crippen molar-refractivity contribution in [3.63, 3.8) is 0 Å². The van der Waals surface area contributed by atoms with E-state index >= 15 is 0 Å². The number of methoxy groups -OCH3 is 1. The van der Waals surface area contributed by atoms with E-state index in [4.69, 9.17) is 9.84 Å². The number of aliphatic hydroxyl groups excluding tert-OH is 5. The van der Waals surface area contributed by atoms with Gasteiger partial charge in [0.15, 0.2) is 0 Å². The molecule has 152 valence electrons. The van der Waals surface area contributed by atoms with Gasteiger partial charge in [-0.3, -0.25) is 10.1 Å². The molecule has 0 unspecified atom stereocenters. The van der Waals surface area contributed by atoms with Crippen molar-refractivity contribution in [2.24, 2.45) is 10.1 Å². The van der Waals surface area contributed by atoms with Gasteiger partial charge in [-0.05, 0) is 23.8 Å². The number of hydrogen-bond acceptors (Lipinski definition) is 10. The minimum absolute atomic E-state index is 0.00126. The molecule has 0 radical (unpaired) electrons. The lowest BCUT2D eigenvalue weighted by molar-refractivity contribution is -0.115. The van der Waals surface area contributed by atoms with Gasteiger partial charge in [-0.1, -0.05) is 12.1 Å². The Morgan fingerprint density at radius 1 is 1.21 bits per heavy atom. The highest BCUT2D eigenvalue weighted by molar-refractivity contribution is 6.13. The first-order valence-electron chi connectivity index (χ1n) is 8.23. The molecule has 11 nitrogen and oxygen atoms in total. The molecule has 28 heavy (non-hydrogen) atoms. The molecule has 0 spiro atoms. The summed E-state index contributed by atoms with van der Waals surface area (Å²) in [5.41, 5.74) is 3.24. The predicted octanol–water partition coefficient (Wildman–Crippen LogP) is -2.47. The Hall–Kier alpha value is -2.83. The molecule has 1 aliphatic heterocycles. The van der Waals surface area contributed by atoms with Crippen LogP contribution in [0, 0.1) is 0 Å². The van der Waals surface area contributed by atoms with Crippen molar-refractivity contribution >= 4 is 24.2 Å². The topological polar surface area (TPSA) is 176 Å². The fourth-order valence-electron chi connectivity index (χ4n) is 2.18. The summed E-state index contributed by atoms with van der Waals surface area (Å²) in [5.74, 6) is 0.213. The van der Waals surface area contributed by atoms with Crippen molar-refractivity contribution in [1.29, 1.82) is 0 Å². The fourth-order valence-corrected chi connectivity index (χ4v) is 2.18. The lowest BCUT2D eigenvalue weighted by atomic mass is 10.0. The summed E-state index contributed by atoms with van der Waals surface area (Å²) in [6, 6.07) is 6.98. The second-order valence-electron chi connectivity index (χ2n) is 5.83. The van der Waals surface area contributed by atoms with Gasteiger partial charge in [0.05, 0.1) is 19.9 Å². The quantitative estimate of drug-likeness (QED) is 0.144. The fraction of sp³-hybridized carbons (Fsp3) is 0.353. The van der Waals surface area contributed by atoms with E-state index in [1.54, 1.807) is 37.5 Å². The molecular formula is C17H22N4O7. The zero-order chi connectivity index (χ0) is 20.7. The monoisotopic (exact) mass is 394 g/mol. The number of nitrogens with one attached hydrogen (secondary N) is 2. The molecule has 1 heterocycles. The molecule has 0 aromatic heterocycles. The van der Waals surface area contributed by atoms with Crippen molar-refractivity contribution in [2.45, 2.75) is 24.4 Å². The highest BCUT2D eigenvalue weighted by Crippen LogP contribution is 2.15. The average molecular weight is 394 g/mol. The van der Waals surface area contributed by atoms with E-state index in [9.17, 15) is 25.2 Å². The zero-order valence-corrected chi connectivity index (χ0v) is 14.9. The maximum absolute atomic E-state index is 11.9. The molecule has 11 heteroatoms. The van der Waals surface area contributed by atoms with Crippen molar-refractivity contribution in [3.05, 3.63) is 35.5 Å². The highest BCUT2D eigenvalue weighted by atomic mass is 16.5. The standard InChI is InChI=1S/C17H22N4O7/c1-28-10-4-2-9(3-5-10)6-11-16(27)20-17(19-11)21-18-7-12(23)14(25)15(26)13(24)8-22/h2-7,12-15,22-26H,8H2,1H3,(H2,19,20,21,27)/b11-6-,18-7+/t12-,13+,14+,15-/m0/s1. The average Bonchev–Trinajstić information content (AvgIpc) is 3.05. The Bertz CT molecular complexity index is 763. The molecule has 0 saturated heterocycles. The molecule has 2 rings (SSSR count). The van der Waals surface area contributed by atoms with E-state index in [1.165, 1.54) is 0 Å². The van der Waals surface area contributed by atoms with Crippen LogP contribution in [0.15, 0.2) is 40.1 Å². The molecule has 1 amide bonds. The van der Waals surface area contributed by atoms with E-state index in [2.05, 4.69) is 20.8 Å². The largest absolute Gasteiger partial charge is 0.497 e. The van der Waals surface area contributed by atoms with Gasteiger partial charge >= 0.3 is 0 Å². The number of hydrazone groups is 1. The Morgan fingerprint density at radius 2 is 1.89 bits per heavy atom. The van der Waals surface area contributed by atoms with E-state index in [0.717, 1.165) is 11.8 Å². The van der Waals surface area contributed by atoms with Crippen molar-refractivity contribution < 1.29 is 35.1 Å². The van der Waals surface area contributed by atoms with Crippen LogP contribution in [0.5, 0.6) is 5.75 Å². The highest BCUT2D eigenvalue weighted by Gasteiger charge is 2.29. The van der Waals surface area contributed by atoms with Gasteiger partial charge in [-0.15, -0.1) is 0 Å². The lowest BCUT2D eigenvalue weighted by Crippen LogP contribution is -2.46. The molecule has 0 fully saturated rings. The number of amides is 1. The third kappa shape index (κ3) is 5.58. The summed E-state index contributed by atoms with van der Waals surface area (Å²) < 4.78 is 5.06. The Labute approximate surface area is 160 Å². The molecule has 4 atom stereocenters. The Balaban J connectivity index is 1.97. The number of carbonyl (C=O) groups excluding carboxylic acids is 1. The third-order valence-corrected chi connectivity index (χ3v) is 3.79. The van der Waals surface area contributed by atoms with Gasteiger partial charge in [0.2, 0.25) is 5.96 Å². The lowest BCUT2D eigenvalue weighted by Gasteiger charge is -2.23. The maximum atomic E-state index is 11.9. The van der Waals surface area contributed by atoms with Crippen molar-refractivity contribution in [3.8, 4) is 5.75 Å². The van der Waals surface area contributed by atoms with Crippen LogP contribution in [0.3, 0.4) is 0 Å². The minimum atomic E-state index is -1.78. The first kappa shape index (κ1) is 21.5. The predicted molar refractivity (Wildman–Crippen MR) is 99.3 cm³/mol. The molecule has 1 aromatic rings. The summed E-state index contributed by atoms with van der Waals surface area (Å²) in [5, 5.41) is 52.9. The molecule has 7 N–H and O–H groups in total. The maximum Gasteiger partial charge on any atom is 0.276 e. The van der Waals surface area contributed by atoms with Crippen LogP contribution in [0.1, 0.15) is 5.56 Å². The first-order valence-corrected chi connectivity index (χ1v) is 8.23. The molecular weight excluding hydrogens is 372 g/mol. The number of guanidine groups is 1. The van der Waals surface area contributed by atoms with Gasteiger partial charge in [0.1, 0.15) is 35.9 Å². The van der Waals surface area contributed by atoms with Crippen LogP contribution in [0.25, 0.3) is 6.08 Å². The number of benzene rings is 1. The first-order chi connectivity index (χ1) is 13.3. The number of carbonyl (C=O) groups is 1. The van der Waals surface area contributed by atoms with E-state index in [1.807, 2.05) is 0 Å². The van der Waals surface area contributed by atoms with Crippen LogP contribution in [-0.4, -0.2) is 81.7 Å². The number of aliphatic imine (C=N–C) groups is 1. The van der Waals surface area contributed by atoms with E-state index in [0.29, 0.717) is 5.75 Å². The van der Waals surface area contributed by atoms with Gasteiger partial charge in [-0.25, -0.2) is 10.4 Å². The van der Waals surface area contributed by atoms with Gasteiger partial charge in [-0.2, -0.15) is 5.10 Å². The zero-order valence-electron chi connectivity index (χ0n) is 14.9. The molecule has 0 bridgehead atoms. The third-order valence-electron chi connectivity index (χ3n) is 3.79. The van der Waals surface area contributed by atoms with Crippen LogP contribution in [-0.2, 0) is 4.79 Å². The van der Waals surface area contributed by atoms with Crippen LogP contribution in [0.4, 0.5) is 0 Å². The van der Waals surface area contributed by atoms with Crippen LogP contribution in [0.2, 0.25) is 0 Å². The summed E-state index contributed by atoms with van der Waals surface area (Å²) in [4.78, 5) is 15.9. The summed E-state index contributed by atoms with van der Waals surface area (Å²) in [7, 11) is 1.55. The second kappa shape index (κ2) is 9.92. The number of rotatable bonds is 8. The van der Waals surface area contributed by atoms with E-state index in [-0.39, 0.29) is 11.7 Å². The van der Waals surface area contributed by atoms with Crippen LogP contribution >= 0.6 is 0 Å². The Morgan fingerprint density at radius 3 is 2.50 bits per heavy atom. The Kier molecular flexibility index (Phi) is 7.61. The van der Waals surface area contributed by atoms with Gasteiger partial charge < -0.3 is 30.3 Å². The summed E-state index contributed by atoms with van der Waals surface area (Å²) in [6.07, 6.45) is -4.41. The van der Waals surface area contributed by atoms with Crippen molar-refractivity contribution in [1.82, 2.24) is 10.7 Å². The van der Waals surface area contributed by atoms with Gasteiger partial charge in [0.25, 0.3) is 5.91 Å². The smallest absolute Gasteiger partial charge is 0.276 e. The minimum Gasteiger partial charge on any atom is -0.497 e. The number of nitrogens with zero attached hydrogens (tertiary/aromatic N) is 2. The van der Waals surface area contributed by atoms with Crippen LogP contribution < -0.4 is 15.5 Å². The summed E-state index contributed by atoms with van der Waals surface area (Å²) >= 11 is 0. The summed E-state index contributed by atoms with van der Waals surface area (Å²) in [6.45, 7) is -0.785. The molecule has 0 saturated carbocycles. The number of aliphatic hydroxyl groups is 5. The molecule has 1 aliphatic rings. The molecule has 1 aromatic carbocycles. The SMILES string of the molecule is COc1ccc(/C=C2\N=C(N/N=C/[C@H](O)[C@@H](O)[C@@H](O)[C@H](O)CO)NC2=O)cc1. The van der Waals surface area contributed by atoms with Crippen molar-refractivity contribution in [2.75, 3.05) is 13.7 Å². The second-order valence-corrected chi connectivity index (χ2v) is 5.83.